The third-order valence-electron chi connectivity index (χ3n) is 2.90. The zero-order valence-corrected chi connectivity index (χ0v) is 10.2. The van der Waals surface area contributed by atoms with Gasteiger partial charge in [0.2, 0.25) is 5.89 Å². The normalized spacial score (nSPS) is 18.4. The zero-order valence-electron chi connectivity index (χ0n) is 10.2. The minimum Gasteiger partial charge on any atom is -0.405 e. The van der Waals surface area contributed by atoms with Crippen LogP contribution >= 0.6 is 0 Å². The second kappa shape index (κ2) is 5.19. The van der Waals surface area contributed by atoms with E-state index in [0.29, 0.717) is 18.1 Å². The second-order valence-corrected chi connectivity index (χ2v) is 4.27. The third kappa shape index (κ3) is 2.63. The molecule has 2 aromatic rings. The molecule has 1 aromatic carbocycles. The molecular formula is C13H13N3O3. The van der Waals surface area contributed by atoms with E-state index in [1.807, 2.05) is 6.07 Å². The van der Waals surface area contributed by atoms with Crippen LogP contribution in [0.1, 0.15) is 35.2 Å². The SMILES string of the molecule is O=C(Nc1nnc(C2CCCO2)o1)c1ccccc1. The van der Waals surface area contributed by atoms with Crippen LogP contribution in [0.5, 0.6) is 0 Å². The van der Waals surface area contributed by atoms with Gasteiger partial charge in [-0.25, -0.2) is 0 Å². The van der Waals surface area contributed by atoms with Crippen LogP contribution in [0, 0.1) is 0 Å². The Labute approximate surface area is 109 Å². The summed E-state index contributed by atoms with van der Waals surface area (Å²) >= 11 is 0. The zero-order chi connectivity index (χ0) is 13.1. The molecule has 6 nitrogen and oxygen atoms in total. The fraction of sp³-hybridized carbons (Fsp3) is 0.308. The number of nitrogens with zero attached hydrogens (tertiary/aromatic N) is 2. The maximum Gasteiger partial charge on any atom is 0.322 e. The monoisotopic (exact) mass is 259 g/mol. The summed E-state index contributed by atoms with van der Waals surface area (Å²) in [5, 5.41) is 10.3. The predicted octanol–water partition coefficient (Wildman–Crippen LogP) is 2.17. The molecule has 0 radical (unpaired) electrons. The number of hydrogen-bond acceptors (Lipinski definition) is 5. The summed E-state index contributed by atoms with van der Waals surface area (Å²) in [6.07, 6.45) is 1.71. The summed E-state index contributed by atoms with van der Waals surface area (Å²) in [4.78, 5) is 11.9. The molecule has 0 bridgehead atoms. The molecule has 1 aromatic heterocycles. The highest BCUT2D eigenvalue weighted by Crippen LogP contribution is 2.28. The van der Waals surface area contributed by atoms with Crippen molar-refractivity contribution < 1.29 is 13.9 Å². The Morgan fingerprint density at radius 1 is 1.26 bits per heavy atom. The first-order valence-electron chi connectivity index (χ1n) is 6.14. The Kier molecular flexibility index (Phi) is 3.24. The summed E-state index contributed by atoms with van der Waals surface area (Å²) in [5.74, 6) is 0.143. The number of aromatic nitrogens is 2. The summed E-state index contributed by atoms with van der Waals surface area (Å²) in [6.45, 7) is 0.707. The summed E-state index contributed by atoms with van der Waals surface area (Å²) < 4.78 is 10.8. The first kappa shape index (κ1) is 11.9. The number of ether oxygens (including phenoxy) is 1. The lowest BCUT2D eigenvalue weighted by Crippen LogP contribution is -2.11. The molecule has 6 heteroatoms. The maximum absolute atomic E-state index is 11.9. The summed E-state index contributed by atoms with van der Waals surface area (Å²) in [7, 11) is 0. The van der Waals surface area contributed by atoms with Crippen molar-refractivity contribution in [3.63, 3.8) is 0 Å². The molecule has 98 valence electrons. The Morgan fingerprint density at radius 2 is 2.11 bits per heavy atom. The largest absolute Gasteiger partial charge is 0.405 e. The molecule has 19 heavy (non-hydrogen) atoms. The van der Waals surface area contributed by atoms with Crippen LogP contribution in [0.3, 0.4) is 0 Å². The Balaban J connectivity index is 1.68. The van der Waals surface area contributed by atoms with E-state index in [0.717, 1.165) is 12.8 Å². The molecule has 1 N–H and O–H groups in total. The van der Waals surface area contributed by atoms with E-state index in [1.54, 1.807) is 24.3 Å². The number of carbonyl (C=O) groups excluding carboxylic acids is 1. The number of benzene rings is 1. The highest BCUT2D eigenvalue weighted by molar-refractivity contribution is 6.02. The number of hydrogen-bond donors (Lipinski definition) is 1. The molecule has 1 atom stereocenters. The average molecular weight is 259 g/mol. The van der Waals surface area contributed by atoms with E-state index in [4.69, 9.17) is 9.15 Å². The van der Waals surface area contributed by atoms with Gasteiger partial charge in [0.25, 0.3) is 5.91 Å². The van der Waals surface area contributed by atoms with Gasteiger partial charge in [-0.1, -0.05) is 23.3 Å². The van der Waals surface area contributed by atoms with Gasteiger partial charge in [-0.15, -0.1) is 5.10 Å². The lowest BCUT2D eigenvalue weighted by Gasteiger charge is -2.02. The van der Waals surface area contributed by atoms with Crippen LogP contribution in [0.15, 0.2) is 34.7 Å². The van der Waals surface area contributed by atoms with Crippen molar-refractivity contribution in [2.45, 2.75) is 18.9 Å². The molecular weight excluding hydrogens is 246 g/mol. The molecule has 2 heterocycles. The van der Waals surface area contributed by atoms with Crippen molar-refractivity contribution in [1.82, 2.24) is 10.2 Å². The summed E-state index contributed by atoms with van der Waals surface area (Å²) in [6, 6.07) is 8.96. The standard InChI is InChI=1S/C13H13N3O3/c17-11(9-5-2-1-3-6-9)14-13-16-15-12(19-13)10-7-4-8-18-10/h1-3,5-6,10H,4,7-8H2,(H,14,16,17). The van der Waals surface area contributed by atoms with E-state index in [-0.39, 0.29) is 18.0 Å². The highest BCUT2D eigenvalue weighted by Gasteiger charge is 2.24. The molecule has 0 spiro atoms. The van der Waals surface area contributed by atoms with Crippen molar-refractivity contribution in [2.24, 2.45) is 0 Å². The minimum atomic E-state index is -0.275. The van der Waals surface area contributed by atoms with Crippen LogP contribution in [0.2, 0.25) is 0 Å². The minimum absolute atomic E-state index is 0.0966. The van der Waals surface area contributed by atoms with E-state index in [2.05, 4.69) is 15.5 Å². The van der Waals surface area contributed by atoms with E-state index in [1.165, 1.54) is 0 Å². The quantitative estimate of drug-likeness (QED) is 0.914. The van der Waals surface area contributed by atoms with E-state index < -0.39 is 0 Å². The van der Waals surface area contributed by atoms with Crippen LogP contribution in [-0.4, -0.2) is 22.7 Å². The smallest absolute Gasteiger partial charge is 0.322 e. The molecule has 1 amide bonds. The number of carbonyl (C=O) groups is 1. The van der Waals surface area contributed by atoms with Gasteiger partial charge in [0.1, 0.15) is 6.10 Å². The fourth-order valence-electron chi connectivity index (χ4n) is 1.95. The number of amides is 1. The van der Waals surface area contributed by atoms with Gasteiger partial charge >= 0.3 is 6.01 Å². The molecule has 0 saturated carbocycles. The summed E-state index contributed by atoms with van der Waals surface area (Å²) in [5.41, 5.74) is 0.541. The van der Waals surface area contributed by atoms with Crippen molar-refractivity contribution in [1.29, 1.82) is 0 Å². The van der Waals surface area contributed by atoms with Crippen molar-refractivity contribution in [3.8, 4) is 0 Å². The molecule has 3 rings (SSSR count). The third-order valence-corrected chi connectivity index (χ3v) is 2.90. The van der Waals surface area contributed by atoms with Gasteiger partial charge in [-0.3, -0.25) is 10.1 Å². The molecule has 1 aliphatic heterocycles. The van der Waals surface area contributed by atoms with Gasteiger partial charge in [0.15, 0.2) is 0 Å². The van der Waals surface area contributed by atoms with Gasteiger partial charge < -0.3 is 9.15 Å². The van der Waals surface area contributed by atoms with Crippen molar-refractivity contribution >= 4 is 11.9 Å². The molecule has 0 aliphatic carbocycles. The predicted molar refractivity (Wildman–Crippen MR) is 66.6 cm³/mol. The first-order valence-corrected chi connectivity index (χ1v) is 6.14. The highest BCUT2D eigenvalue weighted by atomic mass is 16.5. The van der Waals surface area contributed by atoms with Gasteiger partial charge in [-0.05, 0) is 25.0 Å². The molecule has 1 saturated heterocycles. The number of nitrogens with one attached hydrogen (secondary N) is 1. The first-order chi connectivity index (χ1) is 9.33. The lowest BCUT2D eigenvalue weighted by atomic mass is 10.2. The lowest BCUT2D eigenvalue weighted by molar-refractivity contribution is 0.0893. The van der Waals surface area contributed by atoms with Gasteiger partial charge in [0, 0.05) is 12.2 Å². The fourth-order valence-corrected chi connectivity index (χ4v) is 1.95. The number of anilines is 1. The number of rotatable bonds is 3. The Hall–Kier alpha value is -2.21. The van der Waals surface area contributed by atoms with Crippen LogP contribution in [-0.2, 0) is 4.74 Å². The van der Waals surface area contributed by atoms with Crippen molar-refractivity contribution in [3.05, 3.63) is 41.8 Å². The molecule has 1 fully saturated rings. The van der Waals surface area contributed by atoms with Crippen LogP contribution < -0.4 is 5.32 Å². The Morgan fingerprint density at radius 3 is 2.84 bits per heavy atom. The van der Waals surface area contributed by atoms with Gasteiger partial charge in [0.05, 0.1) is 0 Å². The molecule has 1 aliphatic rings. The molecule has 1 unspecified atom stereocenters. The van der Waals surface area contributed by atoms with E-state index in [9.17, 15) is 4.79 Å². The van der Waals surface area contributed by atoms with Crippen molar-refractivity contribution in [2.75, 3.05) is 11.9 Å². The van der Waals surface area contributed by atoms with E-state index >= 15 is 0 Å². The average Bonchev–Trinajstić information content (AvgIpc) is 3.10. The van der Waals surface area contributed by atoms with Crippen LogP contribution in [0.25, 0.3) is 0 Å². The van der Waals surface area contributed by atoms with Gasteiger partial charge in [-0.2, -0.15) is 0 Å². The topological polar surface area (TPSA) is 77.2 Å². The maximum atomic E-state index is 11.9. The Bertz CT molecular complexity index is 562. The van der Waals surface area contributed by atoms with Crippen LogP contribution in [0.4, 0.5) is 6.01 Å². The second-order valence-electron chi connectivity index (χ2n) is 4.27.